The Bertz CT molecular complexity index is 644. The van der Waals surface area contributed by atoms with E-state index in [2.05, 4.69) is 10.1 Å². The van der Waals surface area contributed by atoms with E-state index in [0.717, 1.165) is 4.88 Å². The highest BCUT2D eigenvalue weighted by molar-refractivity contribution is 7.13. The van der Waals surface area contributed by atoms with Crippen LogP contribution < -0.4 is 5.73 Å². The molecule has 0 saturated carbocycles. The number of rotatable bonds is 1. The molecule has 3 heterocycles. The van der Waals surface area contributed by atoms with Crippen LogP contribution in [0.25, 0.3) is 16.3 Å². The smallest absolute Gasteiger partial charge is 0.192 e. The normalized spacial score (nSPS) is 11.1. The van der Waals surface area contributed by atoms with Crippen molar-refractivity contribution in [1.82, 2.24) is 14.6 Å². The number of hydrogen-bond donors (Lipinski definition) is 1. The summed E-state index contributed by atoms with van der Waals surface area (Å²) in [6.07, 6.45) is 1.69. The molecule has 0 saturated heterocycles. The van der Waals surface area contributed by atoms with Crippen LogP contribution in [0.15, 0.2) is 29.8 Å². The van der Waals surface area contributed by atoms with E-state index < -0.39 is 0 Å². The molecule has 0 aliphatic rings. The third kappa shape index (κ3) is 1.45. The van der Waals surface area contributed by atoms with Gasteiger partial charge in [0.05, 0.1) is 15.6 Å². The van der Waals surface area contributed by atoms with Gasteiger partial charge in [-0.1, -0.05) is 17.7 Å². The summed E-state index contributed by atoms with van der Waals surface area (Å²) in [5.74, 6) is 0.670. The zero-order chi connectivity index (χ0) is 11.1. The summed E-state index contributed by atoms with van der Waals surface area (Å²) in [7, 11) is 0. The quantitative estimate of drug-likeness (QED) is 0.722. The molecular weight excluding hydrogens is 244 g/mol. The van der Waals surface area contributed by atoms with E-state index in [1.54, 1.807) is 28.1 Å². The molecule has 3 rings (SSSR count). The molecule has 2 N–H and O–H groups in total. The maximum atomic E-state index is 5.89. The van der Waals surface area contributed by atoms with Gasteiger partial charge >= 0.3 is 0 Å². The SMILES string of the molecule is Nc1cc(Cl)cn2nc(-c3cccs3)nc12. The summed E-state index contributed by atoms with van der Waals surface area (Å²) in [4.78, 5) is 5.39. The summed E-state index contributed by atoms with van der Waals surface area (Å²) in [6.45, 7) is 0. The van der Waals surface area contributed by atoms with Crippen LogP contribution in [0.1, 0.15) is 0 Å². The Morgan fingerprint density at radius 3 is 3.06 bits per heavy atom. The van der Waals surface area contributed by atoms with Crippen molar-refractivity contribution in [2.24, 2.45) is 0 Å². The minimum Gasteiger partial charge on any atom is -0.396 e. The summed E-state index contributed by atoms with van der Waals surface area (Å²) in [5.41, 5.74) is 6.98. The molecule has 0 atom stereocenters. The van der Waals surface area contributed by atoms with Gasteiger partial charge in [-0.3, -0.25) is 0 Å². The number of anilines is 1. The largest absolute Gasteiger partial charge is 0.396 e. The number of halogens is 1. The molecule has 0 bridgehead atoms. The number of aromatic nitrogens is 3. The molecule has 0 amide bonds. The zero-order valence-corrected chi connectivity index (χ0v) is 9.66. The number of nitrogens with zero attached hydrogens (tertiary/aromatic N) is 3. The maximum absolute atomic E-state index is 5.89. The van der Waals surface area contributed by atoms with Gasteiger partial charge in [0, 0.05) is 6.20 Å². The third-order valence-electron chi connectivity index (χ3n) is 2.17. The van der Waals surface area contributed by atoms with Crippen molar-refractivity contribution in [3.8, 4) is 10.7 Å². The number of fused-ring (bicyclic) bond motifs is 1. The molecule has 0 unspecified atom stereocenters. The van der Waals surface area contributed by atoms with E-state index in [0.29, 0.717) is 22.2 Å². The molecule has 0 radical (unpaired) electrons. The monoisotopic (exact) mass is 250 g/mol. The van der Waals surface area contributed by atoms with Crippen molar-refractivity contribution in [1.29, 1.82) is 0 Å². The molecule has 3 aromatic rings. The van der Waals surface area contributed by atoms with Crippen molar-refractivity contribution in [3.63, 3.8) is 0 Å². The van der Waals surface area contributed by atoms with Crippen LogP contribution in [0.5, 0.6) is 0 Å². The highest BCUT2D eigenvalue weighted by atomic mass is 35.5. The van der Waals surface area contributed by atoms with Crippen molar-refractivity contribution in [3.05, 3.63) is 34.8 Å². The number of hydrogen-bond acceptors (Lipinski definition) is 4. The molecule has 0 spiro atoms. The highest BCUT2D eigenvalue weighted by Gasteiger charge is 2.09. The van der Waals surface area contributed by atoms with Crippen molar-refractivity contribution in [2.75, 3.05) is 5.73 Å². The first-order valence-corrected chi connectivity index (χ1v) is 5.85. The van der Waals surface area contributed by atoms with E-state index in [1.807, 2.05) is 17.5 Å². The maximum Gasteiger partial charge on any atom is 0.192 e. The minimum atomic E-state index is 0.530. The Labute approximate surface area is 100 Å². The number of thiophene rings is 1. The second kappa shape index (κ2) is 3.47. The third-order valence-corrected chi connectivity index (χ3v) is 3.24. The fraction of sp³-hybridized carbons (Fsp3) is 0. The van der Waals surface area contributed by atoms with Crippen LogP contribution in [0.4, 0.5) is 5.69 Å². The molecule has 0 aliphatic heterocycles. The van der Waals surface area contributed by atoms with E-state index in [4.69, 9.17) is 17.3 Å². The molecule has 80 valence electrons. The molecule has 0 aliphatic carbocycles. The van der Waals surface area contributed by atoms with Gasteiger partial charge in [-0.2, -0.15) is 0 Å². The number of nitrogen functional groups attached to an aromatic ring is 1. The molecule has 6 heteroatoms. The lowest BCUT2D eigenvalue weighted by molar-refractivity contribution is 0.969. The van der Waals surface area contributed by atoms with Crippen molar-refractivity contribution in [2.45, 2.75) is 0 Å². The first-order valence-electron chi connectivity index (χ1n) is 4.59. The Morgan fingerprint density at radius 2 is 2.31 bits per heavy atom. The van der Waals surface area contributed by atoms with Crippen molar-refractivity contribution < 1.29 is 0 Å². The predicted molar refractivity (Wildman–Crippen MR) is 65.7 cm³/mol. The fourth-order valence-corrected chi connectivity index (χ4v) is 2.35. The minimum absolute atomic E-state index is 0.530. The van der Waals surface area contributed by atoms with E-state index in [1.165, 1.54) is 0 Å². The Kier molecular flexibility index (Phi) is 2.08. The molecular formula is C10H7ClN4S. The van der Waals surface area contributed by atoms with Gasteiger partial charge in [0.1, 0.15) is 0 Å². The number of pyridine rings is 1. The first kappa shape index (κ1) is 9.62. The summed E-state index contributed by atoms with van der Waals surface area (Å²) >= 11 is 7.48. The van der Waals surface area contributed by atoms with E-state index in [9.17, 15) is 0 Å². The summed E-state index contributed by atoms with van der Waals surface area (Å²) < 4.78 is 1.60. The molecule has 0 fully saturated rings. The van der Waals surface area contributed by atoms with Crippen LogP contribution in [-0.2, 0) is 0 Å². The van der Waals surface area contributed by atoms with Crippen LogP contribution in [0.3, 0.4) is 0 Å². The average Bonchev–Trinajstić information content (AvgIpc) is 2.82. The lowest BCUT2D eigenvalue weighted by Crippen LogP contribution is -1.93. The van der Waals surface area contributed by atoms with Gasteiger partial charge in [-0.15, -0.1) is 16.4 Å². The van der Waals surface area contributed by atoms with Crippen LogP contribution in [0, 0.1) is 0 Å². The first-order chi connectivity index (χ1) is 7.74. The standard InChI is InChI=1S/C10H7ClN4S/c11-6-4-7(12)10-13-9(14-15(10)5-6)8-2-1-3-16-8/h1-5H,12H2. The predicted octanol–water partition coefficient (Wildman–Crippen LogP) is 2.69. The molecule has 0 aromatic carbocycles. The second-order valence-electron chi connectivity index (χ2n) is 3.29. The summed E-state index contributed by atoms with van der Waals surface area (Å²) in [5, 5.41) is 6.86. The Hall–Kier alpha value is -1.59. The van der Waals surface area contributed by atoms with Gasteiger partial charge < -0.3 is 5.73 Å². The van der Waals surface area contributed by atoms with E-state index in [-0.39, 0.29) is 0 Å². The fourth-order valence-electron chi connectivity index (χ4n) is 1.49. The summed E-state index contributed by atoms with van der Waals surface area (Å²) in [6, 6.07) is 5.60. The van der Waals surface area contributed by atoms with Gasteiger partial charge in [0.2, 0.25) is 0 Å². The van der Waals surface area contributed by atoms with Gasteiger partial charge in [0.25, 0.3) is 0 Å². The number of nitrogens with two attached hydrogens (primary N) is 1. The van der Waals surface area contributed by atoms with Crippen molar-refractivity contribution >= 4 is 34.3 Å². The van der Waals surface area contributed by atoms with Crippen LogP contribution in [-0.4, -0.2) is 14.6 Å². The molecule has 4 nitrogen and oxygen atoms in total. The Balaban J connectivity index is 2.27. The zero-order valence-electron chi connectivity index (χ0n) is 8.09. The van der Waals surface area contributed by atoms with Gasteiger partial charge in [-0.25, -0.2) is 9.50 Å². The van der Waals surface area contributed by atoms with Crippen LogP contribution in [0.2, 0.25) is 5.02 Å². The van der Waals surface area contributed by atoms with E-state index >= 15 is 0 Å². The topological polar surface area (TPSA) is 56.2 Å². The molecule has 3 aromatic heterocycles. The lowest BCUT2D eigenvalue weighted by Gasteiger charge is -1.95. The van der Waals surface area contributed by atoms with Gasteiger partial charge in [0.15, 0.2) is 11.5 Å². The average molecular weight is 251 g/mol. The van der Waals surface area contributed by atoms with Gasteiger partial charge in [-0.05, 0) is 17.5 Å². The van der Waals surface area contributed by atoms with Crippen LogP contribution >= 0.6 is 22.9 Å². The Morgan fingerprint density at radius 1 is 1.44 bits per heavy atom. The lowest BCUT2D eigenvalue weighted by atomic mass is 10.4. The molecule has 16 heavy (non-hydrogen) atoms. The highest BCUT2D eigenvalue weighted by Crippen LogP contribution is 2.24. The second-order valence-corrected chi connectivity index (χ2v) is 4.68.